The van der Waals surface area contributed by atoms with Crippen LogP contribution in [0.2, 0.25) is 0 Å². The molecule has 6 heteroatoms. The van der Waals surface area contributed by atoms with Gasteiger partial charge in [-0.1, -0.05) is 12.1 Å². The molecule has 0 atom stereocenters. The van der Waals surface area contributed by atoms with E-state index in [0.29, 0.717) is 17.0 Å². The van der Waals surface area contributed by atoms with E-state index in [4.69, 9.17) is 5.11 Å². The lowest BCUT2D eigenvalue weighted by Gasteiger charge is -2.01. The molecule has 94 valence electrons. The number of nitrogens with zero attached hydrogens (tertiary/aromatic N) is 3. The number of phenols is 1. The largest absolute Gasteiger partial charge is 0.508 e. The van der Waals surface area contributed by atoms with Crippen LogP contribution >= 0.6 is 0 Å². The summed E-state index contributed by atoms with van der Waals surface area (Å²) in [6, 6.07) is 9.56. The van der Waals surface area contributed by atoms with Crippen LogP contribution in [0.25, 0.3) is 17.0 Å². The Hall–Kier alpha value is -2.89. The van der Waals surface area contributed by atoms with E-state index in [1.807, 2.05) is 0 Å². The Morgan fingerprint density at radius 2 is 2.00 bits per heavy atom. The van der Waals surface area contributed by atoms with Gasteiger partial charge in [0.05, 0.1) is 5.56 Å². The number of pyridine rings is 1. The predicted octanol–water partition coefficient (Wildman–Crippen LogP) is 1.80. The van der Waals surface area contributed by atoms with E-state index in [1.54, 1.807) is 34.9 Å². The van der Waals surface area contributed by atoms with Crippen LogP contribution in [0.5, 0.6) is 5.75 Å². The van der Waals surface area contributed by atoms with Crippen molar-refractivity contribution in [3.05, 3.63) is 48.2 Å². The normalized spacial score (nSPS) is 10.7. The number of benzene rings is 1. The van der Waals surface area contributed by atoms with E-state index in [2.05, 4.69) is 10.2 Å². The molecule has 0 aliphatic heterocycles. The van der Waals surface area contributed by atoms with Gasteiger partial charge >= 0.3 is 5.97 Å². The summed E-state index contributed by atoms with van der Waals surface area (Å²) in [7, 11) is 0. The number of hydrogen-bond donors (Lipinski definition) is 2. The number of fused-ring (bicyclic) bond motifs is 1. The summed E-state index contributed by atoms with van der Waals surface area (Å²) in [4.78, 5) is 10.9. The monoisotopic (exact) mass is 255 g/mol. The maximum atomic E-state index is 10.9. The Bertz CT molecular complexity index is 780. The van der Waals surface area contributed by atoms with E-state index < -0.39 is 5.97 Å². The Morgan fingerprint density at radius 1 is 1.16 bits per heavy atom. The van der Waals surface area contributed by atoms with Crippen LogP contribution in [0, 0.1) is 0 Å². The molecule has 2 heterocycles. The first-order chi connectivity index (χ1) is 9.15. The maximum Gasteiger partial charge on any atom is 0.335 e. The molecule has 0 saturated heterocycles. The van der Waals surface area contributed by atoms with Crippen molar-refractivity contribution in [3.63, 3.8) is 0 Å². The summed E-state index contributed by atoms with van der Waals surface area (Å²) in [5.74, 6) is -0.330. The summed E-state index contributed by atoms with van der Waals surface area (Å²) < 4.78 is 1.67. The molecule has 0 aliphatic carbocycles. The van der Waals surface area contributed by atoms with E-state index in [1.165, 1.54) is 12.1 Å². The molecule has 1 aromatic carbocycles. The molecule has 3 aromatic rings. The Morgan fingerprint density at radius 3 is 2.74 bits per heavy atom. The van der Waals surface area contributed by atoms with Gasteiger partial charge in [0.15, 0.2) is 11.5 Å². The SMILES string of the molecule is O=C(O)c1ccn2c(-c3cccc(O)c3)nnc2c1. The number of aromatic carboxylic acids is 1. The molecule has 0 amide bonds. The zero-order valence-electron chi connectivity index (χ0n) is 9.69. The van der Waals surface area contributed by atoms with E-state index in [-0.39, 0.29) is 11.3 Å². The molecular weight excluding hydrogens is 246 g/mol. The summed E-state index contributed by atoms with van der Waals surface area (Å²) >= 11 is 0. The zero-order chi connectivity index (χ0) is 13.4. The third kappa shape index (κ3) is 1.89. The Labute approximate surface area is 107 Å². The van der Waals surface area contributed by atoms with Crippen molar-refractivity contribution in [1.29, 1.82) is 0 Å². The number of hydrogen-bond acceptors (Lipinski definition) is 4. The molecule has 3 rings (SSSR count). The second kappa shape index (κ2) is 4.09. The average molecular weight is 255 g/mol. The third-order valence-electron chi connectivity index (χ3n) is 2.76. The molecule has 19 heavy (non-hydrogen) atoms. The van der Waals surface area contributed by atoms with Gasteiger partial charge in [0.2, 0.25) is 0 Å². The van der Waals surface area contributed by atoms with Crippen molar-refractivity contribution < 1.29 is 15.0 Å². The molecule has 0 spiro atoms. The highest BCUT2D eigenvalue weighted by atomic mass is 16.4. The lowest BCUT2D eigenvalue weighted by atomic mass is 10.2. The second-order valence-corrected chi connectivity index (χ2v) is 4.02. The predicted molar refractivity (Wildman–Crippen MR) is 67.0 cm³/mol. The standard InChI is InChI=1S/C13H9N3O3/c17-10-3-1-2-8(6-10)12-15-14-11-7-9(13(18)19)4-5-16(11)12/h1-7,17H,(H,18,19). The minimum absolute atomic E-state index is 0.136. The molecular formula is C13H9N3O3. The van der Waals surface area contributed by atoms with Gasteiger partial charge in [0.25, 0.3) is 0 Å². The van der Waals surface area contributed by atoms with Crippen LogP contribution in [0.4, 0.5) is 0 Å². The molecule has 6 nitrogen and oxygen atoms in total. The summed E-state index contributed by atoms with van der Waals surface area (Å²) in [5.41, 5.74) is 1.30. The fraction of sp³-hybridized carbons (Fsp3) is 0. The first-order valence-electron chi connectivity index (χ1n) is 5.52. The molecule has 0 aliphatic rings. The first-order valence-corrected chi connectivity index (χ1v) is 5.52. The van der Waals surface area contributed by atoms with Gasteiger partial charge in [-0.05, 0) is 24.3 Å². The van der Waals surface area contributed by atoms with Crippen LogP contribution in [-0.2, 0) is 0 Å². The molecule has 2 aromatic heterocycles. The summed E-state index contributed by atoms with van der Waals surface area (Å²) in [6.07, 6.45) is 1.60. The minimum Gasteiger partial charge on any atom is -0.508 e. The average Bonchev–Trinajstić information content (AvgIpc) is 2.81. The number of aromatic nitrogens is 3. The number of phenolic OH excluding ortho intramolecular Hbond substituents is 1. The van der Waals surface area contributed by atoms with Gasteiger partial charge in [-0.15, -0.1) is 10.2 Å². The number of aromatic hydroxyl groups is 1. The first kappa shape index (κ1) is 11.2. The van der Waals surface area contributed by atoms with Gasteiger partial charge in [-0.3, -0.25) is 4.40 Å². The number of carboxylic acids is 1. The van der Waals surface area contributed by atoms with Crippen LogP contribution < -0.4 is 0 Å². The minimum atomic E-state index is -1.01. The van der Waals surface area contributed by atoms with Crippen molar-refractivity contribution in [2.45, 2.75) is 0 Å². The highest BCUT2D eigenvalue weighted by molar-refractivity contribution is 5.88. The van der Waals surface area contributed by atoms with Crippen molar-refractivity contribution >= 4 is 11.6 Å². The molecule has 2 N–H and O–H groups in total. The van der Waals surface area contributed by atoms with E-state index in [0.717, 1.165) is 0 Å². The van der Waals surface area contributed by atoms with Crippen LogP contribution in [-0.4, -0.2) is 30.8 Å². The molecule has 0 unspecified atom stereocenters. The molecule has 0 bridgehead atoms. The number of carboxylic acid groups (broad SMARTS) is 1. The molecule has 0 radical (unpaired) electrons. The fourth-order valence-electron chi connectivity index (χ4n) is 1.87. The van der Waals surface area contributed by atoms with Gasteiger partial charge < -0.3 is 10.2 Å². The zero-order valence-corrected chi connectivity index (χ0v) is 9.69. The Kier molecular flexibility index (Phi) is 2.42. The van der Waals surface area contributed by atoms with Crippen LogP contribution in [0.3, 0.4) is 0 Å². The van der Waals surface area contributed by atoms with Gasteiger partial charge in [-0.25, -0.2) is 4.79 Å². The van der Waals surface area contributed by atoms with Crippen molar-refractivity contribution in [2.75, 3.05) is 0 Å². The second-order valence-electron chi connectivity index (χ2n) is 4.02. The quantitative estimate of drug-likeness (QED) is 0.729. The van der Waals surface area contributed by atoms with Crippen molar-refractivity contribution in [3.8, 4) is 17.1 Å². The fourth-order valence-corrected chi connectivity index (χ4v) is 1.87. The third-order valence-corrected chi connectivity index (χ3v) is 2.76. The van der Waals surface area contributed by atoms with Gasteiger partial charge in [0.1, 0.15) is 5.75 Å². The smallest absolute Gasteiger partial charge is 0.335 e. The van der Waals surface area contributed by atoms with Gasteiger partial charge in [0, 0.05) is 11.8 Å². The highest BCUT2D eigenvalue weighted by Gasteiger charge is 2.11. The van der Waals surface area contributed by atoms with Crippen LogP contribution in [0.15, 0.2) is 42.6 Å². The number of rotatable bonds is 2. The molecule has 0 saturated carbocycles. The van der Waals surface area contributed by atoms with Crippen molar-refractivity contribution in [1.82, 2.24) is 14.6 Å². The van der Waals surface area contributed by atoms with Crippen LogP contribution in [0.1, 0.15) is 10.4 Å². The van der Waals surface area contributed by atoms with Gasteiger partial charge in [-0.2, -0.15) is 0 Å². The number of carbonyl (C=O) groups is 1. The summed E-state index contributed by atoms with van der Waals surface area (Å²) in [5, 5.41) is 26.3. The lowest BCUT2D eigenvalue weighted by molar-refractivity contribution is 0.0697. The maximum absolute atomic E-state index is 10.9. The lowest BCUT2D eigenvalue weighted by Crippen LogP contribution is -1.98. The van der Waals surface area contributed by atoms with E-state index in [9.17, 15) is 9.90 Å². The Balaban J connectivity index is 2.18. The van der Waals surface area contributed by atoms with E-state index >= 15 is 0 Å². The summed E-state index contributed by atoms with van der Waals surface area (Å²) in [6.45, 7) is 0. The highest BCUT2D eigenvalue weighted by Crippen LogP contribution is 2.22. The van der Waals surface area contributed by atoms with Crippen molar-refractivity contribution in [2.24, 2.45) is 0 Å². The topological polar surface area (TPSA) is 87.7 Å². The molecule has 0 fully saturated rings.